The lowest BCUT2D eigenvalue weighted by Crippen LogP contribution is -2.35. The highest BCUT2D eigenvalue weighted by molar-refractivity contribution is 7.90. The number of nitrogens with one attached hydrogen (secondary N) is 2. The lowest BCUT2D eigenvalue weighted by atomic mass is 10.1. The molecule has 0 spiro atoms. The topological polar surface area (TPSA) is 188 Å². The number of carbonyl (C=O) groups excluding carboxylic acids is 1. The number of hydrogen-bond acceptors (Lipinski definition) is 10. The number of benzene rings is 2. The minimum absolute atomic E-state index is 0.0926. The molecule has 4 atom stereocenters. The number of nitro benzene ring substituents is 1. The third-order valence-electron chi connectivity index (χ3n) is 4.57. The fourth-order valence-corrected chi connectivity index (χ4v) is 3.91. The molecule has 13 heteroatoms. The molecule has 1 saturated heterocycles. The van der Waals surface area contributed by atoms with E-state index in [1.165, 1.54) is 12.1 Å². The van der Waals surface area contributed by atoms with Gasteiger partial charge in [-0.1, -0.05) is 18.2 Å². The van der Waals surface area contributed by atoms with E-state index in [-0.39, 0.29) is 17.8 Å². The van der Waals surface area contributed by atoms with Crippen LogP contribution in [0.15, 0.2) is 53.4 Å². The van der Waals surface area contributed by atoms with Crippen LogP contribution in [-0.2, 0) is 14.8 Å². The van der Waals surface area contributed by atoms with Crippen molar-refractivity contribution in [3.63, 3.8) is 0 Å². The van der Waals surface area contributed by atoms with Crippen LogP contribution in [0.1, 0.15) is 10.4 Å². The zero-order valence-electron chi connectivity index (χ0n) is 15.8. The van der Waals surface area contributed by atoms with Crippen molar-refractivity contribution in [2.45, 2.75) is 29.5 Å². The molecule has 0 radical (unpaired) electrons. The second-order valence-corrected chi connectivity index (χ2v) is 8.35. The smallest absolute Gasteiger partial charge is 0.293 e. The van der Waals surface area contributed by atoms with Crippen LogP contribution in [0, 0.1) is 10.1 Å². The van der Waals surface area contributed by atoms with E-state index in [0.717, 1.165) is 18.2 Å². The van der Waals surface area contributed by atoms with Crippen molar-refractivity contribution in [3.8, 4) is 0 Å². The van der Waals surface area contributed by atoms with Crippen LogP contribution < -0.4 is 10.0 Å². The van der Waals surface area contributed by atoms with Gasteiger partial charge < -0.3 is 25.4 Å². The first kappa shape index (κ1) is 22.6. The quantitative estimate of drug-likeness (QED) is 0.272. The molecule has 31 heavy (non-hydrogen) atoms. The van der Waals surface area contributed by atoms with Crippen LogP contribution >= 0.6 is 0 Å². The molecule has 1 heterocycles. The molecule has 2 aromatic rings. The summed E-state index contributed by atoms with van der Waals surface area (Å²) < 4.78 is 31.8. The Morgan fingerprint density at radius 3 is 2.35 bits per heavy atom. The number of amides is 1. The monoisotopic (exact) mass is 453 g/mol. The van der Waals surface area contributed by atoms with Gasteiger partial charge in [-0.3, -0.25) is 14.9 Å². The van der Waals surface area contributed by atoms with Crippen molar-refractivity contribution in [1.82, 2.24) is 4.72 Å². The summed E-state index contributed by atoms with van der Waals surface area (Å²) in [5.41, 5.74) is -0.605. The van der Waals surface area contributed by atoms with Crippen molar-refractivity contribution in [2.24, 2.45) is 0 Å². The molecule has 5 N–H and O–H groups in total. The Kier molecular flexibility index (Phi) is 6.52. The van der Waals surface area contributed by atoms with Gasteiger partial charge in [-0.15, -0.1) is 0 Å². The van der Waals surface area contributed by atoms with Gasteiger partial charge in [-0.2, -0.15) is 0 Å². The van der Waals surface area contributed by atoms with Gasteiger partial charge in [0, 0.05) is 18.2 Å². The zero-order chi connectivity index (χ0) is 22.8. The van der Waals surface area contributed by atoms with Crippen LogP contribution in [0.5, 0.6) is 0 Å². The molecule has 1 fully saturated rings. The van der Waals surface area contributed by atoms with E-state index in [9.17, 15) is 38.6 Å². The van der Waals surface area contributed by atoms with Crippen molar-refractivity contribution in [2.75, 3.05) is 11.9 Å². The molecule has 166 valence electrons. The third kappa shape index (κ3) is 4.98. The summed E-state index contributed by atoms with van der Waals surface area (Å²) in [5, 5.41) is 42.7. The van der Waals surface area contributed by atoms with Gasteiger partial charge >= 0.3 is 0 Å². The molecular formula is C18H19N3O9S. The van der Waals surface area contributed by atoms with E-state index in [0.29, 0.717) is 0 Å². The van der Waals surface area contributed by atoms with Gasteiger partial charge in [-0.05, 0) is 24.3 Å². The van der Waals surface area contributed by atoms with E-state index < -0.39 is 56.0 Å². The van der Waals surface area contributed by atoms with Crippen molar-refractivity contribution < 1.29 is 38.2 Å². The summed E-state index contributed by atoms with van der Waals surface area (Å²) in [6, 6.07) is 10.5. The van der Waals surface area contributed by atoms with Gasteiger partial charge in [0.1, 0.15) is 24.0 Å². The molecule has 0 bridgehead atoms. The number of sulfonamides is 1. The van der Waals surface area contributed by atoms with Gasteiger partial charge in [-0.25, -0.2) is 13.1 Å². The number of hydrogen-bond donors (Lipinski definition) is 5. The number of ether oxygens (including phenoxy) is 1. The predicted molar refractivity (Wildman–Crippen MR) is 106 cm³/mol. The normalized spacial score (nSPS) is 23.3. The van der Waals surface area contributed by atoms with Crippen molar-refractivity contribution in [1.29, 1.82) is 0 Å². The number of anilines is 1. The molecule has 1 aliphatic heterocycles. The molecule has 1 aliphatic rings. The minimum Gasteiger partial charge on any atom is -0.387 e. The average Bonchev–Trinajstić information content (AvgIpc) is 2.99. The molecular weight excluding hydrogens is 434 g/mol. The Hall–Kier alpha value is -3.10. The maximum Gasteiger partial charge on any atom is 0.293 e. The van der Waals surface area contributed by atoms with Crippen LogP contribution in [0.25, 0.3) is 0 Å². The molecule has 4 unspecified atom stereocenters. The van der Waals surface area contributed by atoms with E-state index >= 15 is 0 Å². The Morgan fingerprint density at radius 1 is 1.10 bits per heavy atom. The number of aliphatic hydroxyl groups excluding tert-OH is 3. The number of nitro groups is 1. The van der Waals surface area contributed by atoms with Gasteiger partial charge in [0.15, 0.2) is 6.29 Å². The maximum atomic E-state index is 12.5. The van der Waals surface area contributed by atoms with E-state index in [1.807, 2.05) is 4.72 Å². The maximum absolute atomic E-state index is 12.5. The first-order chi connectivity index (χ1) is 14.6. The SMILES string of the molecule is O=C(NS(=O)(=O)c1ccc(NCC2OC(O)C(O)C2O)c([N+](=O)[O-])c1)c1ccccc1. The van der Waals surface area contributed by atoms with E-state index in [1.54, 1.807) is 18.2 Å². The fourth-order valence-electron chi connectivity index (χ4n) is 2.92. The Morgan fingerprint density at radius 2 is 1.77 bits per heavy atom. The average molecular weight is 453 g/mol. The summed E-state index contributed by atoms with van der Waals surface area (Å²) in [6.45, 7) is -0.215. The minimum atomic E-state index is -4.40. The molecule has 1 amide bonds. The second kappa shape index (κ2) is 8.95. The lowest BCUT2D eigenvalue weighted by Gasteiger charge is -2.16. The summed E-state index contributed by atoms with van der Waals surface area (Å²) in [5.74, 6) is -0.894. The molecule has 0 saturated carbocycles. The van der Waals surface area contributed by atoms with Gasteiger partial charge in [0.05, 0.1) is 9.82 Å². The highest BCUT2D eigenvalue weighted by Crippen LogP contribution is 2.29. The summed E-state index contributed by atoms with van der Waals surface area (Å²) in [7, 11) is -4.40. The standard InChI is InChI=1S/C18H19N3O9S/c22-15-14(30-18(25)16(15)23)9-19-12-7-6-11(8-13(12)21(26)27)31(28,29)20-17(24)10-4-2-1-3-5-10/h1-8,14-16,18-19,22-23,25H,9H2,(H,20,24). The molecule has 2 aromatic carbocycles. The predicted octanol–water partition coefficient (Wildman–Crippen LogP) is -0.436. The summed E-state index contributed by atoms with van der Waals surface area (Å²) in [4.78, 5) is 22.2. The molecule has 0 aromatic heterocycles. The lowest BCUT2D eigenvalue weighted by molar-refractivity contribution is -0.384. The number of nitrogens with zero attached hydrogens (tertiary/aromatic N) is 1. The largest absolute Gasteiger partial charge is 0.387 e. The Labute approximate surface area is 176 Å². The fraction of sp³-hybridized carbons (Fsp3) is 0.278. The van der Waals surface area contributed by atoms with Crippen LogP contribution in [0.2, 0.25) is 0 Å². The van der Waals surface area contributed by atoms with Crippen LogP contribution in [0.3, 0.4) is 0 Å². The highest BCUT2D eigenvalue weighted by atomic mass is 32.2. The number of carbonyl (C=O) groups is 1. The number of rotatable bonds is 7. The van der Waals surface area contributed by atoms with E-state index in [2.05, 4.69) is 5.32 Å². The van der Waals surface area contributed by atoms with Crippen molar-refractivity contribution in [3.05, 3.63) is 64.2 Å². The molecule has 12 nitrogen and oxygen atoms in total. The third-order valence-corrected chi connectivity index (χ3v) is 5.90. The van der Waals surface area contributed by atoms with Gasteiger partial charge in [0.25, 0.3) is 21.6 Å². The number of aliphatic hydroxyl groups is 3. The second-order valence-electron chi connectivity index (χ2n) is 6.66. The zero-order valence-corrected chi connectivity index (χ0v) is 16.6. The molecule has 3 rings (SSSR count). The first-order valence-corrected chi connectivity index (χ1v) is 10.4. The van der Waals surface area contributed by atoms with Crippen LogP contribution in [-0.4, -0.2) is 65.7 Å². The first-order valence-electron chi connectivity index (χ1n) is 8.94. The molecule has 0 aliphatic carbocycles. The Bertz CT molecular complexity index is 1080. The Balaban J connectivity index is 1.78. The summed E-state index contributed by atoms with van der Waals surface area (Å²) in [6.07, 6.45) is -5.60. The highest BCUT2D eigenvalue weighted by Gasteiger charge is 2.41. The summed E-state index contributed by atoms with van der Waals surface area (Å²) >= 11 is 0. The van der Waals surface area contributed by atoms with E-state index in [4.69, 9.17) is 4.74 Å². The van der Waals surface area contributed by atoms with Crippen LogP contribution in [0.4, 0.5) is 11.4 Å². The van der Waals surface area contributed by atoms with Gasteiger partial charge in [0.2, 0.25) is 0 Å². The van der Waals surface area contributed by atoms with Crippen molar-refractivity contribution >= 4 is 27.3 Å².